The van der Waals surface area contributed by atoms with Crippen LogP contribution in [0.1, 0.15) is 35.2 Å². The van der Waals surface area contributed by atoms with E-state index in [9.17, 15) is 13.2 Å². The highest BCUT2D eigenvalue weighted by Crippen LogP contribution is 2.33. The van der Waals surface area contributed by atoms with Crippen molar-refractivity contribution in [1.29, 1.82) is 0 Å². The van der Waals surface area contributed by atoms with E-state index in [1.165, 1.54) is 23.5 Å². The molecule has 8 heteroatoms. The number of hydrogen-bond donors (Lipinski definition) is 1. The SMILES string of the molecule is CN(Cc1ccc(C(=O)NC2CC2)cc1)S(=O)(=O)c1ccc2c(c1)OCCCO2. The molecule has 2 aromatic rings. The highest BCUT2D eigenvalue weighted by molar-refractivity contribution is 7.89. The Morgan fingerprint density at radius 3 is 2.45 bits per heavy atom. The predicted octanol–water partition coefficient (Wildman–Crippen LogP) is 2.56. The Morgan fingerprint density at radius 1 is 1.07 bits per heavy atom. The fourth-order valence-corrected chi connectivity index (χ4v) is 4.26. The molecular weight excluding hydrogens is 392 g/mol. The Kier molecular flexibility index (Phi) is 5.47. The lowest BCUT2D eigenvalue weighted by Gasteiger charge is -2.18. The molecule has 1 heterocycles. The average Bonchev–Trinajstić information content (AvgIpc) is 3.54. The van der Waals surface area contributed by atoms with Crippen LogP contribution in [0.15, 0.2) is 47.4 Å². The van der Waals surface area contributed by atoms with Crippen molar-refractivity contribution in [2.75, 3.05) is 20.3 Å². The summed E-state index contributed by atoms with van der Waals surface area (Å²) in [6.07, 6.45) is 2.82. The molecule has 1 amide bonds. The Bertz CT molecular complexity index is 1000. The molecule has 1 N–H and O–H groups in total. The molecule has 0 radical (unpaired) electrons. The van der Waals surface area contributed by atoms with E-state index in [2.05, 4.69) is 5.32 Å². The minimum Gasteiger partial charge on any atom is -0.490 e. The number of sulfonamides is 1. The summed E-state index contributed by atoms with van der Waals surface area (Å²) >= 11 is 0. The van der Waals surface area contributed by atoms with Crippen molar-refractivity contribution < 1.29 is 22.7 Å². The van der Waals surface area contributed by atoms with E-state index in [0.29, 0.717) is 36.3 Å². The summed E-state index contributed by atoms with van der Waals surface area (Å²) in [5.41, 5.74) is 1.38. The third-order valence-electron chi connectivity index (χ3n) is 4.96. The maximum Gasteiger partial charge on any atom is 0.251 e. The fourth-order valence-electron chi connectivity index (χ4n) is 3.08. The molecule has 1 aliphatic carbocycles. The topological polar surface area (TPSA) is 84.9 Å². The molecule has 0 atom stereocenters. The summed E-state index contributed by atoms with van der Waals surface area (Å²) in [6, 6.07) is 12.0. The van der Waals surface area contributed by atoms with Crippen LogP contribution in [-0.4, -0.2) is 44.9 Å². The lowest BCUT2D eigenvalue weighted by Crippen LogP contribution is -2.27. The molecule has 4 rings (SSSR count). The molecule has 0 saturated heterocycles. The van der Waals surface area contributed by atoms with Gasteiger partial charge in [0.15, 0.2) is 11.5 Å². The molecule has 29 heavy (non-hydrogen) atoms. The number of hydrogen-bond acceptors (Lipinski definition) is 5. The molecule has 7 nitrogen and oxygen atoms in total. The van der Waals surface area contributed by atoms with Crippen molar-refractivity contribution in [3.63, 3.8) is 0 Å². The molecule has 0 spiro atoms. The van der Waals surface area contributed by atoms with Gasteiger partial charge in [-0.15, -0.1) is 0 Å². The van der Waals surface area contributed by atoms with Gasteiger partial charge in [0.1, 0.15) is 0 Å². The van der Waals surface area contributed by atoms with Gasteiger partial charge in [-0.05, 0) is 42.7 Å². The van der Waals surface area contributed by atoms with Gasteiger partial charge in [-0.3, -0.25) is 4.79 Å². The van der Waals surface area contributed by atoms with Crippen molar-refractivity contribution in [3.05, 3.63) is 53.6 Å². The molecule has 1 fully saturated rings. The first-order valence-corrected chi connectivity index (χ1v) is 11.1. The van der Waals surface area contributed by atoms with Gasteiger partial charge in [-0.25, -0.2) is 8.42 Å². The van der Waals surface area contributed by atoms with E-state index in [4.69, 9.17) is 9.47 Å². The summed E-state index contributed by atoms with van der Waals surface area (Å²) in [6.45, 7) is 1.24. The zero-order valence-electron chi connectivity index (χ0n) is 16.3. The smallest absolute Gasteiger partial charge is 0.251 e. The van der Waals surface area contributed by atoms with Crippen LogP contribution in [0.3, 0.4) is 0 Å². The van der Waals surface area contributed by atoms with E-state index in [-0.39, 0.29) is 17.3 Å². The summed E-state index contributed by atoms with van der Waals surface area (Å²) in [7, 11) is -2.16. The second-order valence-electron chi connectivity index (χ2n) is 7.36. The maximum atomic E-state index is 13.0. The van der Waals surface area contributed by atoms with Crippen molar-refractivity contribution >= 4 is 15.9 Å². The van der Waals surface area contributed by atoms with Crippen LogP contribution in [0.25, 0.3) is 0 Å². The minimum atomic E-state index is -3.70. The summed E-state index contributed by atoms with van der Waals surface area (Å²) in [5.74, 6) is 0.916. The van der Waals surface area contributed by atoms with E-state index in [1.54, 1.807) is 30.3 Å². The predicted molar refractivity (Wildman–Crippen MR) is 108 cm³/mol. The van der Waals surface area contributed by atoms with Gasteiger partial charge in [0.05, 0.1) is 18.1 Å². The van der Waals surface area contributed by atoms with Crippen molar-refractivity contribution in [2.24, 2.45) is 0 Å². The first-order valence-electron chi connectivity index (χ1n) is 9.69. The number of nitrogens with zero attached hydrogens (tertiary/aromatic N) is 1. The Morgan fingerprint density at radius 2 is 1.76 bits per heavy atom. The summed E-state index contributed by atoms with van der Waals surface area (Å²) in [5, 5.41) is 2.94. The van der Waals surface area contributed by atoms with Gasteiger partial charge in [0, 0.05) is 37.7 Å². The number of carbonyl (C=O) groups excluding carboxylic acids is 1. The van der Waals surface area contributed by atoms with Crippen molar-refractivity contribution in [1.82, 2.24) is 9.62 Å². The van der Waals surface area contributed by atoms with Crippen LogP contribution in [0, 0.1) is 0 Å². The fraction of sp³-hybridized carbons (Fsp3) is 0.381. The van der Waals surface area contributed by atoms with Gasteiger partial charge in [0.2, 0.25) is 10.0 Å². The van der Waals surface area contributed by atoms with Gasteiger partial charge in [-0.1, -0.05) is 12.1 Å². The third-order valence-corrected chi connectivity index (χ3v) is 6.76. The van der Waals surface area contributed by atoms with E-state index >= 15 is 0 Å². The molecule has 2 aromatic carbocycles. The Hall–Kier alpha value is -2.58. The van der Waals surface area contributed by atoms with Gasteiger partial charge in [-0.2, -0.15) is 4.31 Å². The zero-order valence-corrected chi connectivity index (χ0v) is 17.1. The van der Waals surface area contributed by atoms with Crippen LogP contribution in [0.5, 0.6) is 11.5 Å². The molecule has 2 aliphatic rings. The number of fused-ring (bicyclic) bond motifs is 1. The summed E-state index contributed by atoms with van der Waals surface area (Å²) < 4.78 is 38.4. The molecule has 0 unspecified atom stereocenters. The highest BCUT2D eigenvalue weighted by atomic mass is 32.2. The van der Waals surface area contributed by atoms with Crippen LogP contribution < -0.4 is 14.8 Å². The minimum absolute atomic E-state index is 0.0905. The number of ether oxygens (including phenoxy) is 2. The second-order valence-corrected chi connectivity index (χ2v) is 9.41. The molecular formula is C21H24N2O5S. The number of amides is 1. The standard InChI is InChI=1S/C21H24N2O5S/c1-23(14-15-3-5-16(6-4-15)21(24)22-17-7-8-17)29(25,26)18-9-10-19-20(13-18)28-12-2-11-27-19/h3-6,9-10,13,17H,2,7-8,11-12,14H2,1H3,(H,22,24). The monoisotopic (exact) mass is 416 g/mol. The Balaban J connectivity index is 1.46. The van der Waals surface area contributed by atoms with E-state index in [0.717, 1.165) is 24.8 Å². The number of rotatable bonds is 6. The normalized spacial score (nSPS) is 16.3. The van der Waals surface area contributed by atoms with Crippen LogP contribution in [-0.2, 0) is 16.6 Å². The molecule has 0 bridgehead atoms. The molecule has 1 saturated carbocycles. The third kappa shape index (κ3) is 4.54. The average molecular weight is 416 g/mol. The first kappa shape index (κ1) is 19.7. The van der Waals surface area contributed by atoms with Crippen LogP contribution in [0.2, 0.25) is 0 Å². The first-order chi connectivity index (χ1) is 13.9. The highest BCUT2D eigenvalue weighted by Gasteiger charge is 2.25. The molecule has 0 aromatic heterocycles. The van der Waals surface area contributed by atoms with E-state index in [1.807, 2.05) is 0 Å². The number of benzene rings is 2. The molecule has 154 valence electrons. The second kappa shape index (κ2) is 8.04. The maximum absolute atomic E-state index is 13.0. The lowest BCUT2D eigenvalue weighted by atomic mass is 10.1. The Labute approximate surface area is 170 Å². The quantitative estimate of drug-likeness (QED) is 0.782. The van der Waals surface area contributed by atoms with Gasteiger partial charge >= 0.3 is 0 Å². The van der Waals surface area contributed by atoms with E-state index < -0.39 is 10.0 Å². The zero-order chi connectivity index (χ0) is 20.4. The van der Waals surface area contributed by atoms with Gasteiger partial charge < -0.3 is 14.8 Å². The van der Waals surface area contributed by atoms with Crippen LogP contribution in [0.4, 0.5) is 0 Å². The van der Waals surface area contributed by atoms with Crippen LogP contribution >= 0.6 is 0 Å². The molecule has 1 aliphatic heterocycles. The number of carbonyl (C=O) groups is 1. The lowest BCUT2D eigenvalue weighted by molar-refractivity contribution is 0.0951. The number of nitrogens with one attached hydrogen (secondary N) is 1. The van der Waals surface area contributed by atoms with Crippen molar-refractivity contribution in [2.45, 2.75) is 36.7 Å². The summed E-state index contributed by atoms with van der Waals surface area (Å²) in [4.78, 5) is 12.2. The largest absolute Gasteiger partial charge is 0.490 e. The van der Waals surface area contributed by atoms with Crippen molar-refractivity contribution in [3.8, 4) is 11.5 Å². The van der Waals surface area contributed by atoms with Gasteiger partial charge in [0.25, 0.3) is 5.91 Å².